The molecule has 8 nitrogen and oxygen atoms in total. The van der Waals surface area contributed by atoms with Gasteiger partial charge in [0.15, 0.2) is 0 Å². The summed E-state index contributed by atoms with van der Waals surface area (Å²) in [6, 6.07) is 10.1. The largest absolute Gasteiger partial charge is 0.370 e. The van der Waals surface area contributed by atoms with Crippen molar-refractivity contribution in [1.29, 1.82) is 0 Å². The Morgan fingerprint density at radius 1 is 1.14 bits per heavy atom. The molecule has 0 aromatic heterocycles. The smallest absolute Gasteiger partial charge is 0.250 e. The Morgan fingerprint density at radius 3 is 2.51 bits per heavy atom. The lowest BCUT2D eigenvalue weighted by Gasteiger charge is -2.29. The van der Waals surface area contributed by atoms with Gasteiger partial charge in [-0.3, -0.25) is 24.5 Å². The molecule has 0 aliphatic carbocycles. The zero-order valence-corrected chi connectivity index (χ0v) is 20.3. The summed E-state index contributed by atoms with van der Waals surface area (Å²) in [5.74, 6) is -4.00. The van der Waals surface area contributed by atoms with Gasteiger partial charge in [-0.05, 0) is 49.1 Å². The predicted octanol–water partition coefficient (Wildman–Crippen LogP) is 2.79. The molecule has 0 saturated carbocycles. The van der Waals surface area contributed by atoms with E-state index in [4.69, 9.17) is 17.3 Å². The van der Waals surface area contributed by atoms with Gasteiger partial charge in [0.2, 0.25) is 23.6 Å². The molecule has 2 saturated heterocycles. The van der Waals surface area contributed by atoms with Crippen LogP contribution in [0.4, 0.5) is 11.4 Å². The number of nitrogens with two attached hydrogens (primary N) is 1. The Bertz CT molecular complexity index is 1260. The number of hydrogen-bond donors (Lipinski definition) is 3. The number of hydrogen-bond acceptors (Lipinski definition) is 5. The number of imide groups is 1. The molecular formula is C26H27ClN4O4. The number of unbranched alkanes of at least 4 members (excludes halogenated alkanes) is 1. The van der Waals surface area contributed by atoms with Crippen molar-refractivity contribution in [2.24, 2.45) is 17.6 Å². The highest BCUT2D eigenvalue weighted by molar-refractivity contribution is 6.35. The van der Waals surface area contributed by atoms with Gasteiger partial charge < -0.3 is 11.1 Å². The molecule has 4 amide bonds. The van der Waals surface area contributed by atoms with Crippen molar-refractivity contribution in [2.45, 2.75) is 51.1 Å². The summed E-state index contributed by atoms with van der Waals surface area (Å²) >= 11 is 6.43. The fourth-order valence-electron chi connectivity index (χ4n) is 5.83. The van der Waals surface area contributed by atoms with E-state index < -0.39 is 47.0 Å². The van der Waals surface area contributed by atoms with Crippen LogP contribution in [0.1, 0.15) is 42.9 Å². The van der Waals surface area contributed by atoms with Crippen LogP contribution >= 0.6 is 11.6 Å². The Morgan fingerprint density at radius 2 is 1.86 bits per heavy atom. The monoisotopic (exact) mass is 494 g/mol. The maximum atomic E-state index is 13.9. The first-order valence-corrected chi connectivity index (χ1v) is 12.2. The third-order valence-electron chi connectivity index (χ3n) is 7.35. The minimum Gasteiger partial charge on any atom is -0.370 e. The number of nitrogens with one attached hydrogen (secondary N) is 2. The Hall–Kier alpha value is -3.23. The number of anilines is 2. The van der Waals surface area contributed by atoms with Crippen molar-refractivity contribution in [3.63, 3.8) is 0 Å². The van der Waals surface area contributed by atoms with Gasteiger partial charge >= 0.3 is 0 Å². The molecule has 4 atom stereocenters. The van der Waals surface area contributed by atoms with Gasteiger partial charge in [0.1, 0.15) is 5.54 Å². The third kappa shape index (κ3) is 3.46. The van der Waals surface area contributed by atoms with Gasteiger partial charge in [-0.25, -0.2) is 4.90 Å². The van der Waals surface area contributed by atoms with Crippen molar-refractivity contribution < 1.29 is 19.2 Å². The number of benzene rings is 2. The molecule has 0 unspecified atom stereocenters. The maximum absolute atomic E-state index is 13.9. The van der Waals surface area contributed by atoms with Crippen LogP contribution in [0.25, 0.3) is 0 Å². The van der Waals surface area contributed by atoms with Crippen LogP contribution in [-0.4, -0.2) is 29.7 Å². The van der Waals surface area contributed by atoms with E-state index >= 15 is 0 Å². The second-order valence-corrected chi connectivity index (χ2v) is 10.0. The summed E-state index contributed by atoms with van der Waals surface area (Å²) < 4.78 is 0. The molecular weight excluding hydrogens is 468 g/mol. The quantitative estimate of drug-likeness (QED) is 0.533. The predicted molar refractivity (Wildman–Crippen MR) is 132 cm³/mol. The van der Waals surface area contributed by atoms with Gasteiger partial charge in [0.05, 0.1) is 28.2 Å². The lowest BCUT2D eigenvalue weighted by atomic mass is 9.76. The molecule has 5 rings (SSSR count). The van der Waals surface area contributed by atoms with Crippen LogP contribution in [0.5, 0.6) is 0 Å². The molecule has 0 bridgehead atoms. The highest BCUT2D eigenvalue weighted by atomic mass is 35.5. The van der Waals surface area contributed by atoms with Crippen LogP contribution in [-0.2, 0) is 31.1 Å². The molecule has 4 N–H and O–H groups in total. The first-order chi connectivity index (χ1) is 16.7. The molecule has 35 heavy (non-hydrogen) atoms. The van der Waals surface area contributed by atoms with Crippen LogP contribution in [0.15, 0.2) is 36.4 Å². The van der Waals surface area contributed by atoms with Crippen molar-refractivity contribution in [2.75, 3.05) is 10.2 Å². The summed E-state index contributed by atoms with van der Waals surface area (Å²) in [7, 11) is 0. The van der Waals surface area contributed by atoms with E-state index in [9.17, 15) is 19.2 Å². The third-order valence-corrected chi connectivity index (χ3v) is 7.65. The molecule has 1 spiro atoms. The fourth-order valence-corrected chi connectivity index (χ4v) is 6.15. The van der Waals surface area contributed by atoms with Crippen LogP contribution in [0, 0.1) is 18.8 Å². The standard InChI is InChI=1S/C26H27ClN4O4/c1-3-4-5-14-6-8-15(9-7-14)31-23(33)20-18(12-19(28)32)30-26(21(20)24(31)34)16-10-13(2)11-17(27)22(16)29-25(26)35/h6-11,18,20-21,30H,3-5,12H2,1-2H3,(H2,28,32)(H,29,35)/t18-,20+,21-,26-/m0/s1. The number of aryl methyl sites for hydroxylation is 2. The summed E-state index contributed by atoms with van der Waals surface area (Å²) in [6.45, 7) is 3.96. The first-order valence-electron chi connectivity index (χ1n) is 11.8. The number of amides is 4. The number of halogens is 1. The number of nitrogens with zero attached hydrogens (tertiary/aromatic N) is 1. The van der Waals surface area contributed by atoms with Crippen molar-refractivity contribution in [1.82, 2.24) is 5.32 Å². The molecule has 3 aliphatic rings. The van der Waals surface area contributed by atoms with Gasteiger partial charge in [-0.2, -0.15) is 0 Å². The molecule has 0 radical (unpaired) electrons. The van der Waals surface area contributed by atoms with E-state index in [2.05, 4.69) is 17.6 Å². The van der Waals surface area contributed by atoms with Crippen LogP contribution < -0.4 is 21.3 Å². The van der Waals surface area contributed by atoms with Crippen molar-refractivity contribution in [3.8, 4) is 0 Å². The molecule has 2 fully saturated rings. The van der Waals surface area contributed by atoms with Gasteiger partial charge in [0.25, 0.3) is 0 Å². The zero-order chi connectivity index (χ0) is 25.1. The topological polar surface area (TPSA) is 122 Å². The SMILES string of the molecule is CCCCc1ccc(N2C(=O)[C@@H]3[C@H](CC(N)=O)N[C@]4(C(=O)Nc5c(Cl)cc(C)cc54)[C@@H]3C2=O)cc1. The van der Waals surface area contributed by atoms with Crippen molar-refractivity contribution in [3.05, 3.63) is 58.1 Å². The molecule has 182 valence electrons. The number of rotatable bonds is 6. The number of fused-ring (bicyclic) bond motifs is 4. The molecule has 2 aromatic rings. The Labute approximate surface area is 208 Å². The minimum atomic E-state index is -1.53. The second-order valence-electron chi connectivity index (χ2n) is 9.64. The van der Waals surface area contributed by atoms with E-state index in [1.165, 1.54) is 0 Å². The molecule has 3 heterocycles. The van der Waals surface area contributed by atoms with Crippen molar-refractivity contribution >= 4 is 46.6 Å². The highest BCUT2D eigenvalue weighted by Crippen LogP contribution is 2.55. The number of carbonyl (C=O) groups is 4. The summed E-state index contributed by atoms with van der Waals surface area (Å²) in [5, 5.41) is 6.33. The van der Waals surface area contributed by atoms with Gasteiger partial charge in [-0.1, -0.05) is 43.1 Å². The first kappa shape index (κ1) is 23.5. The van der Waals surface area contributed by atoms with E-state index in [0.29, 0.717) is 22.0 Å². The number of carbonyl (C=O) groups excluding carboxylic acids is 4. The Kier molecular flexibility index (Phi) is 5.68. The summed E-state index contributed by atoms with van der Waals surface area (Å²) in [4.78, 5) is 54.2. The van der Waals surface area contributed by atoms with Gasteiger partial charge in [-0.15, -0.1) is 0 Å². The summed E-state index contributed by atoms with van der Waals surface area (Å²) in [6.07, 6.45) is 2.84. The number of primary amides is 1. The van der Waals surface area contributed by atoms with Gasteiger partial charge in [0, 0.05) is 18.0 Å². The lowest BCUT2D eigenvalue weighted by molar-refractivity contribution is -0.130. The molecule has 3 aliphatic heterocycles. The van der Waals surface area contributed by atoms with E-state index in [0.717, 1.165) is 35.3 Å². The Balaban J connectivity index is 1.61. The van der Waals surface area contributed by atoms with E-state index in [-0.39, 0.29) is 6.42 Å². The highest BCUT2D eigenvalue weighted by Gasteiger charge is 2.71. The zero-order valence-electron chi connectivity index (χ0n) is 19.6. The normalized spacial score (nSPS) is 26.9. The van der Waals surface area contributed by atoms with E-state index in [1.54, 1.807) is 24.3 Å². The molecule has 9 heteroatoms. The fraction of sp³-hybridized carbons (Fsp3) is 0.385. The van der Waals surface area contributed by atoms with Crippen LogP contribution in [0.3, 0.4) is 0 Å². The summed E-state index contributed by atoms with van der Waals surface area (Å²) in [5.41, 5.74) is 7.25. The molecule has 2 aromatic carbocycles. The van der Waals surface area contributed by atoms with E-state index in [1.807, 2.05) is 19.1 Å². The average molecular weight is 495 g/mol. The minimum absolute atomic E-state index is 0.187. The lowest BCUT2D eigenvalue weighted by Crippen LogP contribution is -2.53. The maximum Gasteiger partial charge on any atom is 0.250 e. The van der Waals surface area contributed by atoms with Crippen LogP contribution in [0.2, 0.25) is 5.02 Å². The average Bonchev–Trinajstić information content (AvgIpc) is 3.38. The second kappa shape index (κ2) is 8.46.